The van der Waals surface area contributed by atoms with Gasteiger partial charge in [0.15, 0.2) is 0 Å². The van der Waals surface area contributed by atoms with Crippen molar-refractivity contribution in [1.29, 1.82) is 0 Å². The first-order valence-electron chi connectivity index (χ1n) is 9.46. The Morgan fingerprint density at radius 2 is 2.03 bits per heavy atom. The maximum Gasteiger partial charge on any atom is 0.338 e. The summed E-state index contributed by atoms with van der Waals surface area (Å²) < 4.78 is 6.57. The van der Waals surface area contributed by atoms with Gasteiger partial charge in [-0.25, -0.2) is 9.78 Å². The van der Waals surface area contributed by atoms with Crippen LogP contribution in [0.2, 0.25) is 0 Å². The topological polar surface area (TPSA) is 103 Å². The summed E-state index contributed by atoms with van der Waals surface area (Å²) in [6.07, 6.45) is 2.86. The van der Waals surface area contributed by atoms with Gasteiger partial charge in [0.2, 0.25) is 10.9 Å². The monoisotopic (exact) mass is 414 g/mol. The van der Waals surface area contributed by atoms with E-state index in [1.54, 1.807) is 24.3 Å². The third kappa shape index (κ3) is 5.26. The number of benzene rings is 1. The summed E-state index contributed by atoms with van der Waals surface area (Å²) >= 11 is 1.35. The average Bonchev–Trinajstić information content (AvgIpc) is 3.10. The lowest BCUT2D eigenvalue weighted by Gasteiger charge is -2.07. The zero-order chi connectivity index (χ0) is 20.8. The molecule has 152 valence electrons. The molecule has 0 saturated carbocycles. The van der Waals surface area contributed by atoms with Gasteiger partial charge in [-0.1, -0.05) is 31.3 Å². The Labute approximate surface area is 171 Å². The van der Waals surface area contributed by atoms with E-state index in [2.05, 4.69) is 15.4 Å². The van der Waals surface area contributed by atoms with Crippen LogP contribution in [0.5, 0.6) is 0 Å². The van der Waals surface area contributed by atoms with Crippen LogP contribution in [0.1, 0.15) is 54.2 Å². The van der Waals surface area contributed by atoms with E-state index in [0.717, 1.165) is 24.3 Å². The van der Waals surface area contributed by atoms with Crippen molar-refractivity contribution in [2.24, 2.45) is 0 Å². The Hall–Kier alpha value is -3.07. The molecule has 9 heteroatoms. The first-order chi connectivity index (χ1) is 14.0. The summed E-state index contributed by atoms with van der Waals surface area (Å²) in [6.45, 7) is 3.83. The van der Waals surface area contributed by atoms with E-state index in [1.807, 2.05) is 13.8 Å². The summed E-state index contributed by atoms with van der Waals surface area (Å²) in [5, 5.41) is 7.83. The van der Waals surface area contributed by atoms with Gasteiger partial charge in [0.1, 0.15) is 11.6 Å². The predicted molar refractivity (Wildman–Crippen MR) is 110 cm³/mol. The maximum atomic E-state index is 12.4. The van der Waals surface area contributed by atoms with Gasteiger partial charge in [-0.2, -0.15) is 9.61 Å². The molecule has 0 aliphatic rings. The molecule has 3 rings (SSSR count). The largest absolute Gasteiger partial charge is 0.456 e. The first kappa shape index (κ1) is 20.7. The Balaban J connectivity index is 1.69. The lowest BCUT2D eigenvalue weighted by Crippen LogP contribution is -2.17. The molecule has 0 fully saturated rings. The molecule has 0 aliphatic carbocycles. The fourth-order valence-corrected chi connectivity index (χ4v) is 3.70. The molecule has 0 aliphatic heterocycles. The van der Waals surface area contributed by atoms with Crippen LogP contribution in [0.3, 0.4) is 0 Å². The number of esters is 1. The Morgan fingerprint density at radius 3 is 2.79 bits per heavy atom. The van der Waals surface area contributed by atoms with Gasteiger partial charge in [-0.05, 0) is 31.0 Å². The number of aryl methyl sites for hydroxylation is 1. The van der Waals surface area contributed by atoms with E-state index in [1.165, 1.54) is 21.9 Å². The van der Waals surface area contributed by atoms with Crippen LogP contribution in [0, 0.1) is 0 Å². The number of anilines is 1. The summed E-state index contributed by atoms with van der Waals surface area (Å²) in [5.74, 6) is -0.669. The number of carbonyl (C=O) groups excluding carboxylic acids is 2. The van der Waals surface area contributed by atoms with Crippen molar-refractivity contribution in [3.8, 4) is 0 Å². The summed E-state index contributed by atoms with van der Waals surface area (Å²) in [5.41, 5.74) is 0.895. The number of hydrogen-bond donors (Lipinski definition) is 1. The summed E-state index contributed by atoms with van der Waals surface area (Å²) in [7, 11) is 0. The van der Waals surface area contributed by atoms with Crippen LogP contribution < -0.4 is 10.9 Å². The van der Waals surface area contributed by atoms with Gasteiger partial charge < -0.3 is 10.1 Å². The number of nitrogens with zero attached hydrogens (tertiary/aromatic N) is 3. The summed E-state index contributed by atoms with van der Waals surface area (Å²) in [4.78, 5) is 41.1. The third-order valence-corrected chi connectivity index (χ3v) is 4.98. The molecule has 0 unspecified atom stereocenters. The molecule has 1 amide bonds. The van der Waals surface area contributed by atoms with Crippen LogP contribution in [0.25, 0.3) is 4.96 Å². The van der Waals surface area contributed by atoms with Crippen molar-refractivity contribution < 1.29 is 14.3 Å². The molecular weight excluding hydrogens is 392 g/mol. The molecule has 2 aromatic heterocycles. The maximum absolute atomic E-state index is 12.4. The SMILES string of the molecule is CCCC(=O)Nc1cccc(C(=O)OCc2cc(=O)n3nc(CCC)sc3n2)c1. The van der Waals surface area contributed by atoms with E-state index >= 15 is 0 Å². The predicted octanol–water partition coefficient (Wildman–Crippen LogP) is 3.20. The Morgan fingerprint density at radius 1 is 1.21 bits per heavy atom. The van der Waals surface area contributed by atoms with Crippen molar-refractivity contribution in [2.75, 3.05) is 5.32 Å². The molecule has 3 aromatic rings. The zero-order valence-corrected chi connectivity index (χ0v) is 17.1. The molecule has 0 bridgehead atoms. The van der Waals surface area contributed by atoms with Gasteiger partial charge in [-0.15, -0.1) is 0 Å². The minimum Gasteiger partial charge on any atom is -0.456 e. The Bertz CT molecular complexity index is 1090. The Kier molecular flexibility index (Phi) is 6.71. The van der Waals surface area contributed by atoms with E-state index in [9.17, 15) is 14.4 Å². The molecule has 0 atom stereocenters. The first-order valence-corrected chi connectivity index (χ1v) is 10.3. The molecule has 0 saturated heterocycles. The smallest absolute Gasteiger partial charge is 0.338 e. The summed E-state index contributed by atoms with van der Waals surface area (Å²) in [6, 6.07) is 7.85. The second-order valence-corrected chi connectivity index (χ2v) is 7.52. The normalized spacial score (nSPS) is 10.8. The number of nitrogens with one attached hydrogen (secondary N) is 1. The van der Waals surface area contributed by atoms with Crippen molar-refractivity contribution in [3.05, 3.63) is 57.0 Å². The lowest BCUT2D eigenvalue weighted by atomic mass is 10.2. The number of rotatable bonds is 8. The van der Waals surface area contributed by atoms with E-state index in [4.69, 9.17) is 4.74 Å². The highest BCUT2D eigenvalue weighted by molar-refractivity contribution is 7.16. The van der Waals surface area contributed by atoms with Gasteiger partial charge in [-0.3, -0.25) is 9.59 Å². The standard InChI is InChI=1S/C20H22N4O4S/c1-3-6-16(25)21-14-9-5-8-13(10-14)19(27)28-12-15-11-18(26)24-20(22-15)29-17(23-24)7-4-2/h5,8-11H,3-4,6-7,12H2,1-2H3,(H,21,25). The molecule has 1 aromatic carbocycles. The highest BCUT2D eigenvalue weighted by atomic mass is 32.1. The van der Waals surface area contributed by atoms with Gasteiger partial charge in [0.25, 0.3) is 5.56 Å². The number of ether oxygens (including phenoxy) is 1. The van der Waals surface area contributed by atoms with Crippen LogP contribution in [0.4, 0.5) is 5.69 Å². The molecule has 8 nitrogen and oxygen atoms in total. The molecule has 2 heterocycles. The fraction of sp³-hybridized carbons (Fsp3) is 0.350. The van der Waals surface area contributed by atoms with Crippen LogP contribution in [-0.2, 0) is 22.6 Å². The lowest BCUT2D eigenvalue weighted by molar-refractivity contribution is -0.116. The van der Waals surface area contributed by atoms with E-state index < -0.39 is 5.97 Å². The van der Waals surface area contributed by atoms with Crippen LogP contribution in [-0.4, -0.2) is 26.5 Å². The van der Waals surface area contributed by atoms with E-state index in [0.29, 0.717) is 28.3 Å². The van der Waals surface area contributed by atoms with Crippen molar-refractivity contribution in [2.45, 2.75) is 46.1 Å². The second kappa shape index (κ2) is 9.42. The van der Waals surface area contributed by atoms with Gasteiger partial charge in [0, 0.05) is 24.6 Å². The number of hydrogen-bond acceptors (Lipinski definition) is 7. The van der Waals surface area contributed by atoms with Gasteiger partial charge in [0.05, 0.1) is 11.3 Å². The van der Waals surface area contributed by atoms with Gasteiger partial charge >= 0.3 is 5.97 Å². The van der Waals surface area contributed by atoms with Crippen LogP contribution in [0.15, 0.2) is 35.1 Å². The minimum absolute atomic E-state index is 0.108. The number of amides is 1. The zero-order valence-electron chi connectivity index (χ0n) is 16.3. The highest BCUT2D eigenvalue weighted by Crippen LogP contribution is 2.15. The number of carbonyl (C=O) groups is 2. The minimum atomic E-state index is -0.561. The van der Waals surface area contributed by atoms with Crippen molar-refractivity contribution in [3.63, 3.8) is 0 Å². The molecule has 0 spiro atoms. The number of aromatic nitrogens is 3. The van der Waals surface area contributed by atoms with Crippen LogP contribution >= 0.6 is 11.3 Å². The van der Waals surface area contributed by atoms with E-state index in [-0.39, 0.29) is 18.1 Å². The second-order valence-electron chi connectivity index (χ2n) is 6.48. The third-order valence-electron chi connectivity index (χ3n) is 4.01. The molecular formula is C20H22N4O4S. The highest BCUT2D eigenvalue weighted by Gasteiger charge is 2.12. The molecule has 29 heavy (non-hydrogen) atoms. The quantitative estimate of drug-likeness (QED) is 0.568. The number of fused-ring (bicyclic) bond motifs is 1. The van der Waals surface area contributed by atoms with Crippen molar-refractivity contribution in [1.82, 2.24) is 14.6 Å². The molecule has 0 radical (unpaired) electrons. The fourth-order valence-electron chi connectivity index (χ4n) is 2.68. The van der Waals surface area contributed by atoms with Crippen molar-refractivity contribution >= 4 is 33.9 Å². The average molecular weight is 414 g/mol. The molecule has 1 N–H and O–H groups in total.